The fourth-order valence-corrected chi connectivity index (χ4v) is 10.9. The van der Waals surface area contributed by atoms with Crippen molar-refractivity contribution in [3.63, 3.8) is 0 Å². The molecule has 4 aromatic rings. The van der Waals surface area contributed by atoms with Crippen LogP contribution in [0.15, 0.2) is 71.6 Å². The maximum absolute atomic E-state index is 11.9. The van der Waals surface area contributed by atoms with Gasteiger partial charge in [-0.2, -0.15) is 0 Å². The second kappa shape index (κ2) is 10.3. The topological polar surface area (TPSA) is 23.5 Å². The summed E-state index contributed by atoms with van der Waals surface area (Å²) < 4.78 is 0. The number of hydrogen-bond acceptors (Lipinski definition) is 3. The summed E-state index contributed by atoms with van der Waals surface area (Å²) in [6.45, 7) is 9.79. The van der Waals surface area contributed by atoms with E-state index in [2.05, 4.69) is 125 Å². The molecule has 224 valence electrons. The highest BCUT2D eigenvalue weighted by molar-refractivity contribution is 8.00. The smallest absolute Gasteiger partial charge is 0.123 e. The van der Waals surface area contributed by atoms with Gasteiger partial charge in [0.1, 0.15) is 5.75 Å². The predicted molar refractivity (Wildman–Crippen MR) is 186 cm³/mol. The molecule has 3 heteroatoms. The van der Waals surface area contributed by atoms with Gasteiger partial charge >= 0.3 is 0 Å². The van der Waals surface area contributed by atoms with Gasteiger partial charge in [-0.1, -0.05) is 83.4 Å². The number of hydrogen-bond donors (Lipinski definition) is 1. The maximum Gasteiger partial charge on any atom is 0.123 e. The van der Waals surface area contributed by atoms with Crippen molar-refractivity contribution >= 4 is 28.2 Å². The highest BCUT2D eigenvalue weighted by Gasteiger charge is 2.53. The van der Waals surface area contributed by atoms with E-state index in [0.717, 1.165) is 18.2 Å². The van der Waals surface area contributed by atoms with Crippen molar-refractivity contribution in [1.82, 2.24) is 0 Å². The van der Waals surface area contributed by atoms with Crippen molar-refractivity contribution in [1.29, 1.82) is 0 Å². The quantitative estimate of drug-likeness (QED) is 0.256. The van der Waals surface area contributed by atoms with Crippen LogP contribution >= 0.6 is 11.8 Å². The molecular formula is C40H47NOS. The van der Waals surface area contributed by atoms with Gasteiger partial charge in [0.25, 0.3) is 0 Å². The van der Waals surface area contributed by atoms with Gasteiger partial charge in [0.05, 0.1) is 0 Å². The lowest BCUT2D eigenvalue weighted by molar-refractivity contribution is 0.0645. The summed E-state index contributed by atoms with van der Waals surface area (Å²) in [5, 5.41) is 14.7. The highest BCUT2D eigenvalue weighted by Crippen LogP contribution is 2.65. The largest absolute Gasteiger partial charge is 0.507 e. The average Bonchev–Trinajstić information content (AvgIpc) is 3.20. The van der Waals surface area contributed by atoms with Gasteiger partial charge in [0, 0.05) is 40.7 Å². The number of aromatic hydroxyl groups is 1. The van der Waals surface area contributed by atoms with Crippen molar-refractivity contribution in [2.45, 2.75) is 94.6 Å². The van der Waals surface area contributed by atoms with Crippen LogP contribution in [-0.4, -0.2) is 24.5 Å². The first-order chi connectivity index (χ1) is 20.5. The summed E-state index contributed by atoms with van der Waals surface area (Å²) in [5.41, 5.74) is 9.54. The van der Waals surface area contributed by atoms with Gasteiger partial charge in [-0.25, -0.2) is 0 Å². The Bertz CT molecular complexity index is 1670. The highest BCUT2D eigenvalue weighted by atomic mass is 32.2. The molecule has 0 unspecified atom stereocenters. The third kappa shape index (κ3) is 4.96. The molecule has 4 aromatic carbocycles. The molecule has 2 nitrogen and oxygen atoms in total. The van der Waals surface area contributed by atoms with Gasteiger partial charge in [0.2, 0.25) is 0 Å². The van der Waals surface area contributed by atoms with Gasteiger partial charge in [-0.05, 0) is 112 Å². The van der Waals surface area contributed by atoms with Crippen molar-refractivity contribution in [2.24, 2.45) is 10.8 Å². The van der Waals surface area contributed by atoms with E-state index in [0.29, 0.717) is 11.0 Å². The van der Waals surface area contributed by atoms with E-state index in [4.69, 9.17) is 0 Å². The van der Waals surface area contributed by atoms with Crippen LogP contribution in [0.4, 0.5) is 5.69 Å². The summed E-state index contributed by atoms with van der Waals surface area (Å²) >= 11 is 2.08. The molecule has 2 saturated carbocycles. The molecule has 3 aliphatic carbocycles. The number of nitrogens with zero attached hydrogens (tertiary/aromatic N) is 1. The molecular weight excluding hydrogens is 543 g/mol. The van der Waals surface area contributed by atoms with Gasteiger partial charge in [0.15, 0.2) is 0 Å². The second-order valence-corrected chi connectivity index (χ2v) is 16.9. The fourth-order valence-electron chi connectivity index (χ4n) is 9.48. The molecule has 43 heavy (non-hydrogen) atoms. The number of benzene rings is 4. The van der Waals surface area contributed by atoms with Gasteiger partial charge in [-0.15, -0.1) is 11.8 Å². The van der Waals surface area contributed by atoms with Crippen molar-refractivity contribution in [3.8, 4) is 28.0 Å². The van der Waals surface area contributed by atoms with Crippen LogP contribution in [0.2, 0.25) is 0 Å². The Morgan fingerprint density at radius 2 is 1.40 bits per heavy atom. The molecule has 3 aliphatic rings. The normalized spacial score (nSPS) is 20.2. The monoisotopic (exact) mass is 589 g/mol. The molecule has 0 amide bonds. The molecule has 0 radical (unpaired) electrons. The zero-order chi connectivity index (χ0) is 30.1. The molecule has 2 fully saturated rings. The van der Waals surface area contributed by atoms with E-state index < -0.39 is 0 Å². The number of thioether (sulfide) groups is 1. The lowest BCUT2D eigenvalue weighted by Crippen LogP contribution is -2.43. The number of phenolic OH excluding ortho intramolecular Hbond substituents is 1. The minimum Gasteiger partial charge on any atom is -0.507 e. The molecule has 0 atom stereocenters. The minimum atomic E-state index is -0.0831. The predicted octanol–water partition coefficient (Wildman–Crippen LogP) is 11.2. The lowest BCUT2D eigenvalue weighted by Gasteiger charge is -2.51. The molecule has 0 bridgehead atoms. The van der Waals surface area contributed by atoms with E-state index in [1.54, 1.807) is 0 Å². The molecule has 7 rings (SSSR count). The third-order valence-electron chi connectivity index (χ3n) is 10.5. The number of anilines is 1. The summed E-state index contributed by atoms with van der Waals surface area (Å²) in [6, 6.07) is 25.0. The molecule has 1 spiro atoms. The Hall–Kier alpha value is -2.91. The summed E-state index contributed by atoms with van der Waals surface area (Å²) in [4.78, 5) is 3.51. The summed E-state index contributed by atoms with van der Waals surface area (Å²) in [5.74, 6) is 0.419. The van der Waals surface area contributed by atoms with E-state index in [1.807, 2.05) is 0 Å². The van der Waals surface area contributed by atoms with Gasteiger partial charge < -0.3 is 10.0 Å². The van der Waals surface area contributed by atoms with Crippen LogP contribution in [0.25, 0.3) is 33.0 Å². The minimum absolute atomic E-state index is 0.0831. The van der Waals surface area contributed by atoms with E-state index in [9.17, 15) is 5.11 Å². The van der Waals surface area contributed by atoms with Crippen LogP contribution in [0.3, 0.4) is 0 Å². The van der Waals surface area contributed by atoms with Crippen LogP contribution < -0.4 is 4.90 Å². The SMILES string of the molecule is CN(C)c1ccc(-c2cc3c(O)cc4c(c3cc2SC2CCCCC2)-c2ccccc2C42CC(C)(C)CC(C)(C)C2)cc1. The Balaban J connectivity index is 1.48. The first kappa shape index (κ1) is 28.8. The van der Waals surface area contributed by atoms with Crippen LogP contribution in [-0.2, 0) is 5.41 Å². The van der Waals surface area contributed by atoms with E-state index in [1.165, 1.54) is 87.9 Å². The zero-order valence-electron chi connectivity index (χ0n) is 26.9. The Kier molecular flexibility index (Phi) is 6.93. The average molecular weight is 590 g/mol. The first-order valence-electron chi connectivity index (χ1n) is 16.4. The van der Waals surface area contributed by atoms with E-state index in [-0.39, 0.29) is 16.2 Å². The van der Waals surface area contributed by atoms with Crippen molar-refractivity contribution in [2.75, 3.05) is 19.0 Å². The van der Waals surface area contributed by atoms with Crippen LogP contribution in [0, 0.1) is 10.8 Å². The lowest BCUT2D eigenvalue weighted by atomic mass is 9.52. The number of phenols is 1. The van der Waals surface area contributed by atoms with Crippen molar-refractivity contribution < 1.29 is 5.11 Å². The molecule has 0 heterocycles. The number of rotatable bonds is 4. The summed E-state index contributed by atoms with van der Waals surface area (Å²) in [7, 11) is 4.18. The Morgan fingerprint density at radius 1 is 0.721 bits per heavy atom. The maximum atomic E-state index is 11.9. The van der Waals surface area contributed by atoms with Gasteiger partial charge in [-0.3, -0.25) is 0 Å². The zero-order valence-corrected chi connectivity index (χ0v) is 27.7. The molecule has 1 N–H and O–H groups in total. The second-order valence-electron chi connectivity index (χ2n) is 15.5. The third-order valence-corrected chi connectivity index (χ3v) is 11.9. The fraction of sp³-hybridized carbons (Fsp3) is 0.450. The van der Waals surface area contributed by atoms with Crippen LogP contribution in [0.1, 0.15) is 90.2 Å². The molecule has 0 aliphatic heterocycles. The summed E-state index contributed by atoms with van der Waals surface area (Å²) in [6.07, 6.45) is 10.0. The first-order valence-corrected chi connectivity index (χ1v) is 17.2. The molecule has 0 saturated heterocycles. The van der Waals surface area contributed by atoms with E-state index >= 15 is 0 Å². The molecule has 0 aromatic heterocycles. The van der Waals surface area contributed by atoms with Crippen LogP contribution in [0.5, 0.6) is 5.75 Å². The Labute approximate surface area is 262 Å². The Morgan fingerprint density at radius 3 is 2.07 bits per heavy atom. The number of fused-ring (bicyclic) bond motifs is 7. The standard InChI is InChI=1S/C40H47NOS/c1-38(2)23-39(3,4)25-40(24-38)33-15-11-10-14-29(33)37-32-21-36(43-28-12-8-7-9-13-28)30(20-31(32)35(42)22-34(37)40)26-16-18-27(19-17-26)41(5)6/h10-11,14-22,28,42H,7-9,12-13,23-25H2,1-6H3. The van der Waals surface area contributed by atoms with Crippen molar-refractivity contribution in [3.05, 3.63) is 77.9 Å².